The molecule has 2 nitrogen and oxygen atoms in total. The lowest BCUT2D eigenvalue weighted by molar-refractivity contribution is 0.557. The standard InChI is InChI=1S/C25H27ClNOPSi/c1-30(2,3)19-18-24-25(20-14-16-21(26)17-15-20)27(24)29(28,22-10-6-4-7-11-22)23-12-8-5-9-13-23/h4-19,24-25H,1-3H3/b19-18+/t24-,25-,27?/m1/s1. The largest absolute Gasteiger partial charge is 0.296 e. The van der Waals surface area contributed by atoms with Crippen molar-refractivity contribution in [3.8, 4) is 0 Å². The molecule has 1 fully saturated rings. The van der Waals surface area contributed by atoms with E-state index in [0.717, 1.165) is 21.2 Å². The average Bonchev–Trinajstić information content (AvgIpc) is 3.48. The van der Waals surface area contributed by atoms with Crippen molar-refractivity contribution < 1.29 is 4.57 Å². The number of hydrogen-bond donors (Lipinski definition) is 0. The smallest absolute Gasteiger partial charge is 0.208 e. The van der Waals surface area contributed by atoms with Crippen molar-refractivity contribution in [2.45, 2.75) is 31.7 Å². The van der Waals surface area contributed by atoms with Crippen molar-refractivity contribution in [3.63, 3.8) is 0 Å². The molecule has 0 bridgehead atoms. The van der Waals surface area contributed by atoms with Gasteiger partial charge in [0.15, 0.2) is 0 Å². The van der Waals surface area contributed by atoms with Gasteiger partial charge in [0.25, 0.3) is 0 Å². The molecule has 4 rings (SSSR count). The molecular weight excluding hydrogens is 425 g/mol. The molecule has 0 spiro atoms. The lowest BCUT2D eigenvalue weighted by atomic mass is 10.1. The van der Waals surface area contributed by atoms with Crippen LogP contribution in [0.2, 0.25) is 24.7 Å². The predicted molar refractivity (Wildman–Crippen MR) is 132 cm³/mol. The first-order valence-electron chi connectivity index (χ1n) is 10.3. The second-order valence-corrected chi connectivity index (χ2v) is 17.0. The molecule has 1 aliphatic rings. The minimum Gasteiger partial charge on any atom is -0.296 e. The SMILES string of the molecule is C[Si](C)(C)/C=C/[C@@H]1[C@@H](c2ccc(Cl)cc2)N1P(=O)(c1ccccc1)c1ccccc1. The van der Waals surface area contributed by atoms with E-state index in [1.165, 1.54) is 0 Å². The van der Waals surface area contributed by atoms with E-state index in [9.17, 15) is 4.57 Å². The summed E-state index contributed by atoms with van der Waals surface area (Å²) in [4.78, 5) is 0. The third kappa shape index (κ3) is 4.26. The van der Waals surface area contributed by atoms with Gasteiger partial charge in [-0.25, -0.2) is 4.67 Å². The van der Waals surface area contributed by atoms with E-state index in [1.54, 1.807) is 0 Å². The molecule has 0 aliphatic carbocycles. The Bertz CT molecular complexity index is 1030. The van der Waals surface area contributed by atoms with Crippen LogP contribution >= 0.6 is 18.9 Å². The molecular formula is C25H27ClNOPSi. The van der Waals surface area contributed by atoms with Gasteiger partial charge < -0.3 is 0 Å². The van der Waals surface area contributed by atoms with E-state index < -0.39 is 15.4 Å². The van der Waals surface area contributed by atoms with Gasteiger partial charge in [-0.2, -0.15) is 0 Å². The summed E-state index contributed by atoms with van der Waals surface area (Å²) in [5.74, 6) is 0. The highest BCUT2D eigenvalue weighted by Crippen LogP contribution is 2.64. The summed E-state index contributed by atoms with van der Waals surface area (Å²) in [5.41, 5.74) is 3.51. The quantitative estimate of drug-likeness (QED) is 0.244. The number of benzene rings is 3. The number of rotatable bonds is 6. The van der Waals surface area contributed by atoms with Gasteiger partial charge in [-0.05, 0) is 42.0 Å². The van der Waals surface area contributed by atoms with Gasteiger partial charge in [-0.3, -0.25) is 4.57 Å². The maximum atomic E-state index is 14.8. The van der Waals surface area contributed by atoms with E-state index in [0.29, 0.717) is 0 Å². The summed E-state index contributed by atoms with van der Waals surface area (Å²) in [6.07, 6.45) is 2.28. The summed E-state index contributed by atoms with van der Waals surface area (Å²) in [6.45, 7) is 6.96. The maximum absolute atomic E-state index is 14.8. The number of nitrogens with zero attached hydrogens (tertiary/aromatic N) is 1. The maximum Gasteiger partial charge on any atom is 0.208 e. The van der Waals surface area contributed by atoms with Crippen molar-refractivity contribution in [1.82, 2.24) is 4.67 Å². The number of hydrogen-bond acceptors (Lipinski definition) is 1. The molecule has 0 radical (unpaired) electrons. The van der Waals surface area contributed by atoms with Gasteiger partial charge in [-0.15, -0.1) is 0 Å². The van der Waals surface area contributed by atoms with Crippen LogP contribution in [0.25, 0.3) is 0 Å². The third-order valence-corrected chi connectivity index (χ3v) is 9.97. The van der Waals surface area contributed by atoms with Gasteiger partial charge in [0.1, 0.15) is 0 Å². The lowest BCUT2D eigenvalue weighted by Crippen LogP contribution is -2.22. The van der Waals surface area contributed by atoms with Crippen LogP contribution in [-0.2, 0) is 4.57 Å². The van der Waals surface area contributed by atoms with E-state index >= 15 is 0 Å². The van der Waals surface area contributed by atoms with E-state index in [-0.39, 0.29) is 12.1 Å². The van der Waals surface area contributed by atoms with Crippen LogP contribution in [0.4, 0.5) is 0 Å². The lowest BCUT2D eigenvalue weighted by Gasteiger charge is -2.22. The summed E-state index contributed by atoms with van der Waals surface area (Å²) < 4.78 is 17.0. The highest BCUT2D eigenvalue weighted by atomic mass is 35.5. The Morgan fingerprint density at radius 3 is 1.80 bits per heavy atom. The Balaban J connectivity index is 1.84. The zero-order valence-corrected chi connectivity index (χ0v) is 20.2. The Hall–Kier alpha value is -1.90. The molecule has 3 aromatic rings. The zero-order chi connectivity index (χ0) is 21.4. The molecule has 0 amide bonds. The summed E-state index contributed by atoms with van der Waals surface area (Å²) in [6, 6.07) is 27.9. The van der Waals surface area contributed by atoms with Gasteiger partial charge in [0.05, 0.1) is 20.2 Å². The minimum atomic E-state index is -2.99. The normalized spacial score (nSPS) is 21.7. The van der Waals surface area contributed by atoms with Crippen molar-refractivity contribution >= 4 is 37.6 Å². The van der Waals surface area contributed by atoms with E-state index in [4.69, 9.17) is 11.6 Å². The van der Waals surface area contributed by atoms with Crippen molar-refractivity contribution in [2.75, 3.05) is 0 Å². The van der Waals surface area contributed by atoms with Crippen LogP contribution < -0.4 is 10.6 Å². The zero-order valence-electron chi connectivity index (χ0n) is 17.6. The summed E-state index contributed by atoms with van der Waals surface area (Å²) in [7, 11) is -4.38. The van der Waals surface area contributed by atoms with E-state index in [2.05, 4.69) is 48.2 Å². The van der Waals surface area contributed by atoms with Crippen LogP contribution in [0.1, 0.15) is 11.6 Å². The molecule has 0 aromatic heterocycles. The van der Waals surface area contributed by atoms with Crippen LogP contribution in [0.5, 0.6) is 0 Å². The Labute approximate surface area is 185 Å². The molecule has 0 N–H and O–H groups in total. The van der Waals surface area contributed by atoms with Gasteiger partial charge in [0, 0.05) is 15.6 Å². The molecule has 3 atom stereocenters. The summed E-state index contributed by atoms with van der Waals surface area (Å²) >= 11 is 6.14. The topological polar surface area (TPSA) is 20.1 Å². The molecule has 1 unspecified atom stereocenters. The van der Waals surface area contributed by atoms with Crippen LogP contribution in [0, 0.1) is 0 Å². The Morgan fingerprint density at radius 1 is 0.833 bits per heavy atom. The molecule has 30 heavy (non-hydrogen) atoms. The van der Waals surface area contributed by atoms with Crippen LogP contribution in [0.15, 0.2) is 96.7 Å². The van der Waals surface area contributed by atoms with Gasteiger partial charge in [-0.1, -0.05) is 91.5 Å². The Kier molecular flexibility index (Phi) is 5.92. The second-order valence-electron chi connectivity index (χ2n) is 8.84. The summed E-state index contributed by atoms with van der Waals surface area (Å²) in [5, 5.41) is 2.47. The second kappa shape index (κ2) is 8.32. The van der Waals surface area contributed by atoms with Crippen molar-refractivity contribution in [3.05, 3.63) is 107 Å². The molecule has 3 aromatic carbocycles. The van der Waals surface area contributed by atoms with Gasteiger partial charge >= 0.3 is 0 Å². The molecule has 154 valence electrons. The number of halogens is 1. The first-order chi connectivity index (χ1) is 14.3. The molecule has 1 aliphatic heterocycles. The molecule has 5 heteroatoms. The molecule has 1 heterocycles. The minimum absolute atomic E-state index is 0.0705. The molecule has 1 saturated heterocycles. The fraction of sp³-hybridized carbons (Fsp3) is 0.200. The van der Waals surface area contributed by atoms with Gasteiger partial charge in [0.2, 0.25) is 7.29 Å². The van der Waals surface area contributed by atoms with Crippen LogP contribution in [-0.4, -0.2) is 18.8 Å². The van der Waals surface area contributed by atoms with Crippen LogP contribution in [0.3, 0.4) is 0 Å². The Morgan fingerprint density at radius 2 is 1.33 bits per heavy atom. The average molecular weight is 452 g/mol. The first kappa shape index (κ1) is 21.3. The fourth-order valence-electron chi connectivity index (χ4n) is 3.87. The van der Waals surface area contributed by atoms with Crippen molar-refractivity contribution in [1.29, 1.82) is 0 Å². The fourth-order valence-corrected chi connectivity index (χ4v) is 7.89. The highest BCUT2D eigenvalue weighted by Gasteiger charge is 2.57. The van der Waals surface area contributed by atoms with Crippen molar-refractivity contribution in [2.24, 2.45) is 0 Å². The predicted octanol–water partition coefficient (Wildman–Crippen LogP) is 6.43. The third-order valence-electron chi connectivity index (χ3n) is 5.37. The monoisotopic (exact) mass is 451 g/mol. The highest BCUT2D eigenvalue weighted by molar-refractivity contribution is 7.76. The molecule has 0 saturated carbocycles. The van der Waals surface area contributed by atoms with E-state index in [1.807, 2.05) is 72.8 Å². The first-order valence-corrected chi connectivity index (χ1v) is 15.9.